The Bertz CT molecular complexity index is 758. The van der Waals surface area contributed by atoms with Gasteiger partial charge in [-0.3, -0.25) is 0 Å². The zero-order chi connectivity index (χ0) is 19.9. The Balaban J connectivity index is 1.47. The van der Waals surface area contributed by atoms with E-state index in [1.807, 2.05) is 6.07 Å². The van der Waals surface area contributed by atoms with Gasteiger partial charge in [0.05, 0.1) is 6.54 Å². The molecule has 0 saturated heterocycles. The molecule has 0 aliphatic carbocycles. The highest BCUT2D eigenvalue weighted by atomic mass is 16.2. The largest absolute Gasteiger partial charge is 0.337 e. The minimum Gasteiger partial charge on any atom is -0.337 e. The fraction of sp³-hybridized carbons (Fsp3) is 0.571. The predicted molar refractivity (Wildman–Crippen MR) is 110 cm³/mol. The van der Waals surface area contributed by atoms with Gasteiger partial charge in [-0.25, -0.2) is 4.79 Å². The van der Waals surface area contributed by atoms with Crippen molar-refractivity contribution in [1.29, 1.82) is 0 Å². The van der Waals surface area contributed by atoms with Gasteiger partial charge in [-0.2, -0.15) is 0 Å². The molecule has 1 aromatic heterocycles. The molecule has 0 fully saturated rings. The summed E-state index contributed by atoms with van der Waals surface area (Å²) in [6.45, 7) is 8.50. The van der Waals surface area contributed by atoms with Crippen LogP contribution in [0, 0.1) is 5.92 Å². The lowest BCUT2D eigenvalue weighted by Crippen LogP contribution is -2.45. The molecule has 2 atom stereocenters. The molecule has 0 bridgehead atoms. The fourth-order valence-electron chi connectivity index (χ4n) is 3.75. The SMILES string of the molecule is CC(C)C[C@@H](CNC(=O)NCc1nnc2n1CCC2)N[C@@H](C)c1ccccc1. The highest BCUT2D eigenvalue weighted by molar-refractivity contribution is 5.73. The molecule has 1 aromatic carbocycles. The van der Waals surface area contributed by atoms with E-state index in [9.17, 15) is 4.79 Å². The van der Waals surface area contributed by atoms with Gasteiger partial charge in [0.2, 0.25) is 0 Å². The van der Waals surface area contributed by atoms with Crippen molar-refractivity contribution in [2.24, 2.45) is 5.92 Å². The van der Waals surface area contributed by atoms with Crippen molar-refractivity contribution in [1.82, 2.24) is 30.7 Å². The van der Waals surface area contributed by atoms with Crippen molar-refractivity contribution in [3.8, 4) is 0 Å². The summed E-state index contributed by atoms with van der Waals surface area (Å²) in [4.78, 5) is 12.3. The lowest BCUT2D eigenvalue weighted by Gasteiger charge is -2.25. The first-order chi connectivity index (χ1) is 13.5. The zero-order valence-electron chi connectivity index (χ0n) is 17.1. The highest BCUT2D eigenvalue weighted by Crippen LogP contribution is 2.15. The number of amides is 2. The minimum absolute atomic E-state index is 0.168. The summed E-state index contributed by atoms with van der Waals surface area (Å²) in [5, 5.41) is 17.9. The van der Waals surface area contributed by atoms with E-state index in [0.717, 1.165) is 37.5 Å². The van der Waals surface area contributed by atoms with Gasteiger partial charge < -0.3 is 20.5 Å². The summed E-state index contributed by atoms with van der Waals surface area (Å²) in [6.07, 6.45) is 3.07. The fourth-order valence-corrected chi connectivity index (χ4v) is 3.75. The molecule has 0 radical (unpaired) electrons. The predicted octanol–water partition coefficient (Wildman–Crippen LogP) is 2.79. The number of nitrogens with zero attached hydrogens (tertiary/aromatic N) is 3. The first-order valence-electron chi connectivity index (χ1n) is 10.3. The maximum Gasteiger partial charge on any atom is 0.315 e. The van der Waals surface area contributed by atoms with Crippen molar-refractivity contribution in [2.45, 2.75) is 65.2 Å². The summed E-state index contributed by atoms with van der Waals surface area (Å²) in [5.74, 6) is 2.40. The molecule has 3 rings (SSSR count). The van der Waals surface area contributed by atoms with Gasteiger partial charge in [-0.1, -0.05) is 44.2 Å². The molecule has 28 heavy (non-hydrogen) atoms. The number of aryl methyl sites for hydroxylation is 1. The lowest BCUT2D eigenvalue weighted by molar-refractivity contribution is 0.237. The van der Waals surface area contributed by atoms with E-state index in [1.165, 1.54) is 5.56 Å². The van der Waals surface area contributed by atoms with Crippen LogP contribution in [-0.4, -0.2) is 33.4 Å². The smallest absolute Gasteiger partial charge is 0.315 e. The van der Waals surface area contributed by atoms with Crippen LogP contribution in [0.3, 0.4) is 0 Å². The number of carbonyl (C=O) groups excluding carboxylic acids is 1. The Labute approximate surface area is 167 Å². The van der Waals surface area contributed by atoms with Crippen LogP contribution in [0.1, 0.15) is 56.9 Å². The number of urea groups is 1. The lowest BCUT2D eigenvalue weighted by atomic mass is 10.0. The normalized spacial score (nSPS) is 15.3. The third kappa shape index (κ3) is 5.55. The van der Waals surface area contributed by atoms with Gasteiger partial charge in [-0.05, 0) is 31.2 Å². The Morgan fingerprint density at radius 3 is 2.68 bits per heavy atom. The van der Waals surface area contributed by atoms with E-state index in [2.05, 4.69) is 75.8 Å². The van der Waals surface area contributed by atoms with Crippen LogP contribution in [0.4, 0.5) is 4.79 Å². The van der Waals surface area contributed by atoms with Crippen LogP contribution >= 0.6 is 0 Å². The second-order valence-corrected chi connectivity index (χ2v) is 7.98. The molecular formula is C21H32N6O. The van der Waals surface area contributed by atoms with Gasteiger partial charge in [0.1, 0.15) is 5.82 Å². The van der Waals surface area contributed by atoms with E-state index in [4.69, 9.17) is 0 Å². The van der Waals surface area contributed by atoms with Crippen LogP contribution in [0.5, 0.6) is 0 Å². The molecule has 2 aromatic rings. The van der Waals surface area contributed by atoms with Gasteiger partial charge >= 0.3 is 6.03 Å². The maximum atomic E-state index is 12.3. The van der Waals surface area contributed by atoms with Crippen LogP contribution in [0.25, 0.3) is 0 Å². The van der Waals surface area contributed by atoms with E-state index < -0.39 is 0 Å². The Kier molecular flexibility index (Phi) is 7.03. The van der Waals surface area contributed by atoms with Crippen molar-refractivity contribution in [3.05, 3.63) is 47.5 Å². The van der Waals surface area contributed by atoms with Crippen LogP contribution in [0.2, 0.25) is 0 Å². The second-order valence-electron chi connectivity index (χ2n) is 7.98. The van der Waals surface area contributed by atoms with Crippen molar-refractivity contribution >= 4 is 6.03 Å². The quantitative estimate of drug-likeness (QED) is 0.621. The molecule has 0 spiro atoms. The second kappa shape index (κ2) is 9.68. The number of hydrogen-bond acceptors (Lipinski definition) is 4. The summed E-state index contributed by atoms with van der Waals surface area (Å²) in [6, 6.07) is 10.7. The van der Waals surface area contributed by atoms with Gasteiger partial charge in [-0.15, -0.1) is 10.2 Å². The highest BCUT2D eigenvalue weighted by Gasteiger charge is 2.18. The Hall–Kier alpha value is -2.41. The number of fused-ring (bicyclic) bond motifs is 1. The van der Waals surface area contributed by atoms with Crippen LogP contribution in [0.15, 0.2) is 30.3 Å². The standard InChI is InChI=1S/C21H32N6O/c1-15(2)12-18(24-16(3)17-8-5-4-6-9-17)13-22-21(28)23-14-20-26-25-19-10-7-11-27(19)20/h4-6,8-9,15-16,18,24H,7,10-14H2,1-3H3,(H2,22,23,28)/t16-,18-/m0/s1. The molecular weight excluding hydrogens is 352 g/mol. The van der Waals surface area contributed by atoms with Crippen LogP contribution in [-0.2, 0) is 19.5 Å². The number of benzene rings is 1. The number of rotatable bonds is 9. The number of carbonyl (C=O) groups is 1. The summed E-state index contributed by atoms with van der Waals surface area (Å²) in [7, 11) is 0. The average Bonchev–Trinajstić information content (AvgIpc) is 3.29. The zero-order valence-corrected chi connectivity index (χ0v) is 17.1. The molecule has 152 valence electrons. The molecule has 7 heteroatoms. The number of hydrogen-bond donors (Lipinski definition) is 3. The van der Waals surface area contributed by atoms with E-state index in [1.54, 1.807) is 0 Å². The third-order valence-electron chi connectivity index (χ3n) is 5.14. The van der Waals surface area contributed by atoms with Gasteiger partial charge in [0.25, 0.3) is 0 Å². The Morgan fingerprint density at radius 1 is 1.14 bits per heavy atom. The molecule has 7 nitrogen and oxygen atoms in total. The Morgan fingerprint density at radius 2 is 1.93 bits per heavy atom. The molecule has 1 aliphatic heterocycles. The van der Waals surface area contributed by atoms with E-state index >= 15 is 0 Å². The topological polar surface area (TPSA) is 83.9 Å². The number of aromatic nitrogens is 3. The summed E-state index contributed by atoms with van der Waals surface area (Å²) < 4.78 is 2.10. The van der Waals surface area contributed by atoms with E-state index in [-0.39, 0.29) is 18.1 Å². The molecule has 0 unspecified atom stereocenters. The van der Waals surface area contributed by atoms with Crippen LogP contribution < -0.4 is 16.0 Å². The molecule has 0 saturated carbocycles. The van der Waals surface area contributed by atoms with Crippen molar-refractivity contribution < 1.29 is 4.79 Å². The first kappa shape index (κ1) is 20.3. The molecule has 2 heterocycles. The van der Waals surface area contributed by atoms with E-state index in [0.29, 0.717) is 19.0 Å². The monoisotopic (exact) mass is 384 g/mol. The summed E-state index contributed by atoms with van der Waals surface area (Å²) >= 11 is 0. The minimum atomic E-state index is -0.168. The average molecular weight is 385 g/mol. The van der Waals surface area contributed by atoms with Crippen molar-refractivity contribution in [3.63, 3.8) is 0 Å². The first-order valence-corrected chi connectivity index (χ1v) is 10.3. The van der Waals surface area contributed by atoms with Gasteiger partial charge in [0.15, 0.2) is 5.82 Å². The molecule has 1 aliphatic rings. The number of nitrogens with one attached hydrogen (secondary N) is 3. The molecule has 2 amide bonds. The maximum absolute atomic E-state index is 12.3. The van der Waals surface area contributed by atoms with Crippen molar-refractivity contribution in [2.75, 3.05) is 6.54 Å². The third-order valence-corrected chi connectivity index (χ3v) is 5.14. The molecule has 3 N–H and O–H groups in total. The van der Waals surface area contributed by atoms with Gasteiger partial charge in [0, 0.05) is 31.6 Å². The summed E-state index contributed by atoms with van der Waals surface area (Å²) in [5.41, 5.74) is 1.25.